The molecule has 4 heteroatoms. The van der Waals surface area contributed by atoms with E-state index in [4.69, 9.17) is 9.47 Å². The maximum absolute atomic E-state index is 5.67. The number of ether oxygens (including phenoxy) is 2. The van der Waals surface area contributed by atoms with Crippen molar-refractivity contribution in [2.24, 2.45) is 0 Å². The second kappa shape index (κ2) is 10.6. The van der Waals surface area contributed by atoms with Crippen LogP contribution in [0.15, 0.2) is 0 Å². The fourth-order valence-corrected chi connectivity index (χ4v) is 1.97. The Balaban J connectivity index is 3.50. The lowest BCUT2D eigenvalue weighted by Crippen LogP contribution is -2.46. The van der Waals surface area contributed by atoms with Crippen LogP contribution in [0.5, 0.6) is 0 Å². The van der Waals surface area contributed by atoms with Crippen molar-refractivity contribution in [2.45, 2.75) is 27.7 Å². The molecule has 0 aromatic carbocycles. The van der Waals surface area contributed by atoms with Crippen LogP contribution in [0.4, 0.5) is 0 Å². The number of rotatable bonds is 13. The van der Waals surface area contributed by atoms with Gasteiger partial charge in [0.1, 0.15) is 13.1 Å². The number of quaternary nitrogens is 2. The number of likely N-dealkylation sites (N-methyl/N-ethyl adjacent to an activating group) is 2. The number of nitrogens with zero attached hydrogens (tertiary/aromatic N) is 2. The Kier molecular flexibility index (Phi) is 10.5. The van der Waals surface area contributed by atoms with Crippen LogP contribution in [0.1, 0.15) is 27.7 Å². The highest BCUT2D eigenvalue weighted by Crippen LogP contribution is 2.01. The van der Waals surface area contributed by atoms with E-state index >= 15 is 0 Å². The van der Waals surface area contributed by atoms with Crippen LogP contribution in [0, 0.1) is 0 Å². The molecule has 0 spiro atoms. The molecule has 122 valence electrons. The van der Waals surface area contributed by atoms with Gasteiger partial charge in [0.05, 0.1) is 66.7 Å². The third-order valence-corrected chi connectivity index (χ3v) is 4.98. The van der Waals surface area contributed by atoms with E-state index in [2.05, 4.69) is 41.8 Å². The van der Waals surface area contributed by atoms with E-state index in [-0.39, 0.29) is 0 Å². The van der Waals surface area contributed by atoms with Gasteiger partial charge in [-0.2, -0.15) is 0 Å². The number of hydrogen-bond donors (Lipinski definition) is 0. The average Bonchev–Trinajstić information content (AvgIpc) is 2.49. The molecule has 0 aromatic heterocycles. The van der Waals surface area contributed by atoms with E-state index in [0.717, 1.165) is 48.5 Å². The van der Waals surface area contributed by atoms with Gasteiger partial charge in [0.2, 0.25) is 0 Å². The molecule has 4 nitrogen and oxygen atoms in total. The second-order valence-corrected chi connectivity index (χ2v) is 6.18. The van der Waals surface area contributed by atoms with Crippen LogP contribution < -0.4 is 0 Å². The molecule has 0 unspecified atom stereocenters. The smallest absolute Gasteiger partial charge is 0.102 e. The zero-order valence-corrected chi connectivity index (χ0v) is 14.8. The third-order valence-electron chi connectivity index (χ3n) is 4.98. The van der Waals surface area contributed by atoms with E-state index < -0.39 is 0 Å². The minimum Gasteiger partial charge on any atom is -0.373 e. The minimum atomic E-state index is 0.718. The summed E-state index contributed by atoms with van der Waals surface area (Å²) in [5.41, 5.74) is 0. The molecule has 0 radical (unpaired) electrons. The van der Waals surface area contributed by atoms with Crippen molar-refractivity contribution in [3.63, 3.8) is 0 Å². The van der Waals surface area contributed by atoms with E-state index in [1.54, 1.807) is 0 Å². The standard InChI is InChI=1S/C16H38N2O2/c1-7-17(5,8-2)11-13-19-15-16-20-14-12-18(6,9-3)10-4/h7-16H2,1-6H3/q+2. The Morgan fingerprint density at radius 1 is 0.550 bits per heavy atom. The predicted molar refractivity (Wildman–Crippen MR) is 85.9 cm³/mol. The highest BCUT2D eigenvalue weighted by atomic mass is 16.5. The first kappa shape index (κ1) is 19.8. The molecule has 0 fully saturated rings. The highest BCUT2D eigenvalue weighted by molar-refractivity contribution is 4.38. The summed E-state index contributed by atoms with van der Waals surface area (Å²) < 4.78 is 13.5. The molecule has 0 bridgehead atoms. The lowest BCUT2D eigenvalue weighted by molar-refractivity contribution is -0.906. The molecule has 0 heterocycles. The summed E-state index contributed by atoms with van der Waals surface area (Å²) in [4.78, 5) is 0. The molecule has 0 saturated carbocycles. The average molecular weight is 290 g/mol. The summed E-state index contributed by atoms with van der Waals surface area (Å²) in [5.74, 6) is 0. The number of hydrogen-bond acceptors (Lipinski definition) is 2. The summed E-state index contributed by atoms with van der Waals surface area (Å²) in [6, 6.07) is 0. The molecule has 0 aliphatic heterocycles. The van der Waals surface area contributed by atoms with E-state index in [1.807, 2.05) is 0 Å². The predicted octanol–water partition coefficient (Wildman–Crippen LogP) is 1.99. The SMILES string of the molecule is CC[N+](C)(CC)CCOCCOCC[N+](C)(CC)CC. The van der Waals surface area contributed by atoms with Crippen LogP contribution in [0.25, 0.3) is 0 Å². The van der Waals surface area contributed by atoms with Crippen molar-refractivity contribution in [3.05, 3.63) is 0 Å². The fraction of sp³-hybridized carbons (Fsp3) is 1.00. The van der Waals surface area contributed by atoms with Crippen molar-refractivity contribution in [2.75, 3.05) is 79.8 Å². The Morgan fingerprint density at radius 2 is 0.850 bits per heavy atom. The maximum Gasteiger partial charge on any atom is 0.102 e. The lowest BCUT2D eigenvalue weighted by atomic mass is 10.4. The Hall–Kier alpha value is -0.160. The molecule has 0 saturated heterocycles. The van der Waals surface area contributed by atoms with Gasteiger partial charge in [-0.15, -0.1) is 0 Å². The van der Waals surface area contributed by atoms with Gasteiger partial charge in [-0.3, -0.25) is 0 Å². The normalized spacial score (nSPS) is 12.9. The Morgan fingerprint density at radius 3 is 1.10 bits per heavy atom. The Bertz CT molecular complexity index is 203. The van der Waals surface area contributed by atoms with E-state index in [1.165, 1.54) is 26.2 Å². The van der Waals surface area contributed by atoms with Gasteiger partial charge in [-0.25, -0.2) is 0 Å². The third kappa shape index (κ3) is 8.20. The van der Waals surface area contributed by atoms with E-state index in [0.29, 0.717) is 0 Å². The van der Waals surface area contributed by atoms with Crippen LogP contribution in [0.2, 0.25) is 0 Å². The minimum absolute atomic E-state index is 0.718. The van der Waals surface area contributed by atoms with Gasteiger partial charge < -0.3 is 18.4 Å². The molecule has 0 N–H and O–H groups in total. The molecule has 0 aromatic rings. The van der Waals surface area contributed by atoms with Crippen molar-refractivity contribution in [1.29, 1.82) is 0 Å². The largest absolute Gasteiger partial charge is 0.373 e. The van der Waals surface area contributed by atoms with Gasteiger partial charge in [0, 0.05) is 0 Å². The molecular formula is C16H38N2O2+2. The summed E-state index contributed by atoms with van der Waals surface area (Å²) in [6.45, 7) is 18.9. The van der Waals surface area contributed by atoms with Gasteiger partial charge >= 0.3 is 0 Å². The van der Waals surface area contributed by atoms with Crippen LogP contribution in [-0.4, -0.2) is 88.8 Å². The van der Waals surface area contributed by atoms with Gasteiger partial charge in [-0.05, 0) is 27.7 Å². The molecule has 20 heavy (non-hydrogen) atoms. The first-order chi connectivity index (χ1) is 9.45. The first-order valence-electron chi connectivity index (χ1n) is 8.27. The molecule has 0 atom stereocenters. The fourth-order valence-electron chi connectivity index (χ4n) is 1.97. The van der Waals surface area contributed by atoms with Gasteiger partial charge in [0.25, 0.3) is 0 Å². The summed E-state index contributed by atoms with van der Waals surface area (Å²) >= 11 is 0. The van der Waals surface area contributed by atoms with Crippen molar-refractivity contribution < 1.29 is 18.4 Å². The van der Waals surface area contributed by atoms with Crippen molar-refractivity contribution in [3.8, 4) is 0 Å². The summed E-state index contributed by atoms with van der Waals surface area (Å²) in [7, 11) is 4.57. The highest BCUT2D eigenvalue weighted by Gasteiger charge is 2.16. The lowest BCUT2D eigenvalue weighted by Gasteiger charge is -2.32. The zero-order chi connectivity index (χ0) is 15.5. The first-order valence-corrected chi connectivity index (χ1v) is 8.27. The molecule has 0 aliphatic rings. The van der Waals surface area contributed by atoms with E-state index in [9.17, 15) is 0 Å². The molecule has 0 rings (SSSR count). The summed E-state index contributed by atoms with van der Waals surface area (Å²) in [6.07, 6.45) is 0. The molecule has 0 aliphatic carbocycles. The monoisotopic (exact) mass is 290 g/mol. The Labute approximate surface area is 126 Å². The zero-order valence-electron chi connectivity index (χ0n) is 14.8. The second-order valence-electron chi connectivity index (χ2n) is 6.18. The van der Waals surface area contributed by atoms with Crippen LogP contribution in [0.3, 0.4) is 0 Å². The topological polar surface area (TPSA) is 18.5 Å². The quantitative estimate of drug-likeness (QED) is 0.381. The van der Waals surface area contributed by atoms with Crippen molar-refractivity contribution in [1.82, 2.24) is 0 Å². The molecular weight excluding hydrogens is 252 g/mol. The van der Waals surface area contributed by atoms with Gasteiger partial charge in [-0.1, -0.05) is 0 Å². The summed E-state index contributed by atoms with van der Waals surface area (Å²) in [5, 5.41) is 0. The van der Waals surface area contributed by atoms with Crippen LogP contribution in [-0.2, 0) is 9.47 Å². The maximum atomic E-state index is 5.67. The molecule has 0 amide bonds. The van der Waals surface area contributed by atoms with Gasteiger partial charge in [0.15, 0.2) is 0 Å². The van der Waals surface area contributed by atoms with Crippen molar-refractivity contribution >= 4 is 0 Å². The van der Waals surface area contributed by atoms with Crippen LogP contribution >= 0.6 is 0 Å².